The van der Waals surface area contributed by atoms with Crippen molar-refractivity contribution in [2.24, 2.45) is 0 Å². The number of hydrogen-bond acceptors (Lipinski definition) is 3. The Hall–Kier alpha value is -1.56. The van der Waals surface area contributed by atoms with Crippen LogP contribution in [0.25, 0.3) is 10.9 Å². The van der Waals surface area contributed by atoms with E-state index in [1.165, 1.54) is 29.5 Å². The molecule has 0 aliphatic carbocycles. The topological polar surface area (TPSA) is 31.7 Å². The monoisotopic (exact) mass is 414 g/mol. The molecule has 29 heavy (non-hydrogen) atoms. The largest absolute Gasteiger partial charge is 0.339 e. The fourth-order valence-corrected chi connectivity index (χ4v) is 5.90. The van der Waals surface area contributed by atoms with E-state index in [0.717, 1.165) is 43.1 Å². The fourth-order valence-electron chi connectivity index (χ4n) is 5.73. The van der Waals surface area contributed by atoms with Crippen LogP contribution in [-0.2, 0) is 17.8 Å². The number of nitrogens with zero attached hydrogens (tertiary/aromatic N) is 4. The highest BCUT2D eigenvalue weighted by molar-refractivity contribution is 6.31. The van der Waals surface area contributed by atoms with Gasteiger partial charge in [0.2, 0.25) is 5.91 Å². The van der Waals surface area contributed by atoms with Gasteiger partial charge in [0.05, 0.1) is 0 Å². The summed E-state index contributed by atoms with van der Waals surface area (Å²) in [6.45, 7) is 8.50. The lowest BCUT2D eigenvalue weighted by atomic mass is 9.97. The molecule has 2 unspecified atom stereocenters. The van der Waals surface area contributed by atoms with E-state index in [0.29, 0.717) is 24.7 Å². The Kier molecular flexibility index (Phi) is 4.88. The lowest BCUT2D eigenvalue weighted by Crippen LogP contribution is -2.51. The molecule has 2 fully saturated rings. The first kappa shape index (κ1) is 19.4. The van der Waals surface area contributed by atoms with Gasteiger partial charge < -0.3 is 9.47 Å². The van der Waals surface area contributed by atoms with Crippen molar-refractivity contribution in [1.29, 1.82) is 0 Å². The molecule has 0 radical (unpaired) electrons. The number of piperazine rings is 1. The van der Waals surface area contributed by atoms with Crippen molar-refractivity contribution < 1.29 is 4.79 Å². The van der Waals surface area contributed by atoms with Crippen LogP contribution < -0.4 is 0 Å². The second-order valence-corrected chi connectivity index (χ2v) is 9.67. The summed E-state index contributed by atoms with van der Waals surface area (Å²) in [6.07, 6.45) is 3.47. The molecule has 1 aromatic heterocycles. The van der Waals surface area contributed by atoms with Gasteiger partial charge in [0.15, 0.2) is 0 Å². The number of hydrogen-bond donors (Lipinski definition) is 0. The highest BCUT2D eigenvalue weighted by Crippen LogP contribution is 2.47. The molecule has 2 bridgehead atoms. The molecule has 2 aromatic rings. The number of fused-ring (bicyclic) bond motifs is 6. The molecule has 3 aliphatic heterocycles. The van der Waals surface area contributed by atoms with Gasteiger partial charge >= 0.3 is 0 Å². The zero-order chi connectivity index (χ0) is 20.3. The molecule has 0 N–H and O–H groups in total. The molecule has 0 spiro atoms. The van der Waals surface area contributed by atoms with E-state index in [1.54, 1.807) is 0 Å². The van der Waals surface area contributed by atoms with E-state index >= 15 is 0 Å². The minimum absolute atomic E-state index is 0.245. The highest BCUT2D eigenvalue weighted by atomic mass is 35.5. The molecule has 156 valence electrons. The second-order valence-electron chi connectivity index (χ2n) is 9.24. The number of aromatic nitrogens is 1. The van der Waals surface area contributed by atoms with Gasteiger partial charge in [-0.1, -0.05) is 11.6 Å². The highest BCUT2D eigenvalue weighted by Gasteiger charge is 2.41. The van der Waals surface area contributed by atoms with Gasteiger partial charge in [-0.25, -0.2) is 0 Å². The van der Waals surface area contributed by atoms with E-state index < -0.39 is 0 Å². The van der Waals surface area contributed by atoms with Crippen LogP contribution in [0.2, 0.25) is 5.02 Å². The molecule has 2 atom stereocenters. The lowest BCUT2D eigenvalue weighted by Gasteiger charge is -2.37. The van der Waals surface area contributed by atoms with Crippen molar-refractivity contribution in [2.75, 3.05) is 33.2 Å². The first-order valence-corrected chi connectivity index (χ1v) is 11.4. The summed E-state index contributed by atoms with van der Waals surface area (Å²) < 4.78 is 2.30. The molecular weight excluding hydrogens is 384 g/mol. The van der Waals surface area contributed by atoms with Gasteiger partial charge in [0, 0.05) is 72.3 Å². The first-order chi connectivity index (χ1) is 13.9. The van der Waals surface area contributed by atoms with E-state index in [-0.39, 0.29) is 5.91 Å². The van der Waals surface area contributed by atoms with Crippen LogP contribution in [0.5, 0.6) is 0 Å². The van der Waals surface area contributed by atoms with Crippen LogP contribution in [0.1, 0.15) is 44.0 Å². The minimum atomic E-state index is 0.245. The Balaban J connectivity index is 1.47. The number of rotatable bonds is 3. The molecule has 1 aromatic carbocycles. The zero-order valence-electron chi connectivity index (χ0n) is 17.7. The van der Waals surface area contributed by atoms with Crippen molar-refractivity contribution in [3.05, 3.63) is 34.5 Å². The Bertz CT molecular complexity index is 944. The van der Waals surface area contributed by atoms with E-state index in [9.17, 15) is 4.79 Å². The van der Waals surface area contributed by atoms with Crippen molar-refractivity contribution in [2.45, 2.75) is 57.8 Å². The SMILES string of the molecule is CC(C)N1CCN(C(=O)Cn2c3c(c4cc(Cl)ccc42)C2CCC(C3)N2C)CC1. The Labute approximate surface area is 178 Å². The first-order valence-electron chi connectivity index (χ1n) is 11.0. The predicted octanol–water partition coefficient (Wildman–Crippen LogP) is 3.54. The molecule has 5 nitrogen and oxygen atoms in total. The molecule has 6 heteroatoms. The summed E-state index contributed by atoms with van der Waals surface area (Å²) in [7, 11) is 2.25. The third kappa shape index (κ3) is 3.18. The summed E-state index contributed by atoms with van der Waals surface area (Å²) >= 11 is 6.37. The molecule has 1 amide bonds. The van der Waals surface area contributed by atoms with Crippen LogP contribution >= 0.6 is 11.6 Å². The van der Waals surface area contributed by atoms with Crippen molar-refractivity contribution in [3.8, 4) is 0 Å². The zero-order valence-corrected chi connectivity index (χ0v) is 18.5. The molecule has 4 heterocycles. The quantitative estimate of drug-likeness (QED) is 0.769. The summed E-state index contributed by atoms with van der Waals surface area (Å²) in [4.78, 5) is 20.3. The Morgan fingerprint density at radius 1 is 1.17 bits per heavy atom. The maximum atomic E-state index is 13.2. The summed E-state index contributed by atoms with van der Waals surface area (Å²) in [5.41, 5.74) is 3.94. The number of benzene rings is 1. The number of halogens is 1. The minimum Gasteiger partial charge on any atom is -0.339 e. The van der Waals surface area contributed by atoms with E-state index in [4.69, 9.17) is 11.6 Å². The van der Waals surface area contributed by atoms with Gasteiger partial charge in [-0.15, -0.1) is 0 Å². The number of likely N-dealkylation sites (N-methyl/N-ethyl adjacent to an activating group) is 1. The Morgan fingerprint density at radius 3 is 2.66 bits per heavy atom. The number of carbonyl (C=O) groups is 1. The van der Waals surface area contributed by atoms with Crippen LogP contribution in [-0.4, -0.2) is 70.5 Å². The second kappa shape index (κ2) is 7.29. The third-order valence-electron chi connectivity index (χ3n) is 7.47. The maximum absolute atomic E-state index is 13.2. The van der Waals surface area contributed by atoms with Crippen LogP contribution in [0.15, 0.2) is 18.2 Å². The average Bonchev–Trinajstić information content (AvgIpc) is 3.11. The van der Waals surface area contributed by atoms with Gasteiger partial charge in [0.1, 0.15) is 6.54 Å². The van der Waals surface area contributed by atoms with E-state index in [2.05, 4.69) is 52.3 Å². The molecule has 3 aliphatic rings. The molecular formula is C23H31ClN4O. The summed E-state index contributed by atoms with van der Waals surface area (Å²) in [5.74, 6) is 0.245. The van der Waals surface area contributed by atoms with Crippen LogP contribution in [0.3, 0.4) is 0 Å². The van der Waals surface area contributed by atoms with Gasteiger partial charge in [-0.3, -0.25) is 14.6 Å². The lowest BCUT2D eigenvalue weighted by molar-refractivity contribution is -0.133. The van der Waals surface area contributed by atoms with Gasteiger partial charge in [-0.2, -0.15) is 0 Å². The fraction of sp³-hybridized carbons (Fsp3) is 0.609. The molecule has 2 saturated heterocycles. The summed E-state index contributed by atoms with van der Waals surface area (Å²) in [6, 6.07) is 7.76. The van der Waals surface area contributed by atoms with Gasteiger partial charge in [0.25, 0.3) is 0 Å². The molecule has 0 saturated carbocycles. The summed E-state index contributed by atoms with van der Waals surface area (Å²) in [5, 5.41) is 2.01. The normalized spacial score (nSPS) is 25.2. The standard InChI is InChI=1S/C23H31ClN4O/c1-15(2)26-8-10-27(11-9-26)22(29)14-28-19-6-4-16(24)12-18(19)23-20-7-5-17(25(20)3)13-21(23)28/h4,6,12,15,17,20H,5,7-11,13-14H2,1-3H3. The van der Waals surface area contributed by atoms with Crippen molar-refractivity contribution in [3.63, 3.8) is 0 Å². The smallest absolute Gasteiger partial charge is 0.242 e. The predicted molar refractivity (Wildman–Crippen MR) is 117 cm³/mol. The van der Waals surface area contributed by atoms with Crippen LogP contribution in [0, 0.1) is 0 Å². The van der Waals surface area contributed by atoms with Crippen LogP contribution in [0.4, 0.5) is 0 Å². The third-order valence-corrected chi connectivity index (χ3v) is 7.71. The van der Waals surface area contributed by atoms with Crippen molar-refractivity contribution >= 4 is 28.4 Å². The molecule has 5 rings (SSSR count). The van der Waals surface area contributed by atoms with E-state index in [1.807, 2.05) is 6.07 Å². The van der Waals surface area contributed by atoms with Gasteiger partial charge in [-0.05, 0) is 57.5 Å². The number of amides is 1. The average molecular weight is 415 g/mol. The van der Waals surface area contributed by atoms with Crippen molar-refractivity contribution in [1.82, 2.24) is 19.3 Å². The maximum Gasteiger partial charge on any atom is 0.242 e. The Morgan fingerprint density at radius 2 is 1.93 bits per heavy atom. The number of carbonyl (C=O) groups excluding carboxylic acids is 1.